The normalized spacial score (nSPS) is 25.1. The van der Waals surface area contributed by atoms with Crippen molar-refractivity contribution in [2.45, 2.75) is 58.5 Å². The second-order valence-corrected chi connectivity index (χ2v) is 5.05. The summed E-state index contributed by atoms with van der Waals surface area (Å²) < 4.78 is 0. The van der Waals surface area contributed by atoms with Gasteiger partial charge in [-0.25, -0.2) is 0 Å². The van der Waals surface area contributed by atoms with E-state index in [-0.39, 0.29) is 5.91 Å². The van der Waals surface area contributed by atoms with Crippen LogP contribution in [0, 0.1) is 5.92 Å². The molecule has 0 radical (unpaired) electrons. The van der Waals surface area contributed by atoms with Gasteiger partial charge in [0.1, 0.15) is 0 Å². The van der Waals surface area contributed by atoms with E-state index in [2.05, 4.69) is 31.4 Å². The Balaban J connectivity index is 1.94. The minimum atomic E-state index is 0.220. The van der Waals surface area contributed by atoms with E-state index in [9.17, 15) is 4.79 Å². The van der Waals surface area contributed by atoms with E-state index in [4.69, 9.17) is 0 Å². The van der Waals surface area contributed by atoms with Crippen molar-refractivity contribution in [3.05, 3.63) is 0 Å². The molecule has 0 spiro atoms. The fourth-order valence-corrected chi connectivity index (χ4v) is 1.96. The summed E-state index contributed by atoms with van der Waals surface area (Å²) in [5.74, 6) is 1.02. The van der Waals surface area contributed by atoms with Gasteiger partial charge in [0.25, 0.3) is 0 Å². The third kappa shape index (κ3) is 5.17. The Labute approximate surface area is 93.0 Å². The van der Waals surface area contributed by atoms with Crippen LogP contribution in [0.15, 0.2) is 0 Å². The molecule has 0 aromatic carbocycles. The van der Waals surface area contributed by atoms with Gasteiger partial charge in [-0.3, -0.25) is 4.79 Å². The monoisotopic (exact) mass is 212 g/mol. The Bertz CT molecular complexity index is 198. The predicted octanol–water partition coefficient (Wildman–Crippen LogP) is 1.68. The van der Waals surface area contributed by atoms with Gasteiger partial charge in [0, 0.05) is 18.5 Å². The number of amides is 1. The molecule has 1 fully saturated rings. The molecule has 1 rings (SSSR count). The number of carbonyl (C=O) groups excluding carboxylic acids is 1. The van der Waals surface area contributed by atoms with Crippen LogP contribution in [0.1, 0.15) is 46.5 Å². The van der Waals surface area contributed by atoms with Crippen molar-refractivity contribution in [2.75, 3.05) is 6.54 Å². The number of carbonyl (C=O) groups is 1. The van der Waals surface area contributed by atoms with Crippen LogP contribution in [0.25, 0.3) is 0 Å². The minimum Gasteiger partial charge on any atom is -0.353 e. The number of hydrogen-bond donors (Lipinski definition) is 2. The molecule has 0 bridgehead atoms. The van der Waals surface area contributed by atoms with Gasteiger partial charge < -0.3 is 10.6 Å². The van der Waals surface area contributed by atoms with Gasteiger partial charge in [-0.15, -0.1) is 0 Å². The van der Waals surface area contributed by atoms with Crippen LogP contribution in [-0.2, 0) is 4.79 Å². The smallest absolute Gasteiger partial charge is 0.220 e. The average molecular weight is 212 g/mol. The standard InChI is InChI=1S/C12H24N2O/c1-9(2)13-6-4-5-12(15)14-11-7-10(3)8-11/h9-11,13H,4-8H2,1-3H3,(H,14,15). The molecule has 1 saturated carbocycles. The zero-order valence-electron chi connectivity index (χ0n) is 10.2. The molecule has 0 aromatic heterocycles. The molecule has 88 valence electrons. The zero-order valence-corrected chi connectivity index (χ0v) is 10.2. The maximum atomic E-state index is 11.5. The number of nitrogens with one attached hydrogen (secondary N) is 2. The second kappa shape index (κ2) is 6.11. The van der Waals surface area contributed by atoms with Crippen LogP contribution < -0.4 is 10.6 Å². The van der Waals surface area contributed by atoms with Crippen molar-refractivity contribution in [1.29, 1.82) is 0 Å². The second-order valence-electron chi connectivity index (χ2n) is 5.05. The van der Waals surface area contributed by atoms with Crippen LogP contribution in [0.5, 0.6) is 0 Å². The number of rotatable bonds is 6. The first-order chi connectivity index (χ1) is 7.08. The molecule has 0 heterocycles. The molecular formula is C12H24N2O. The predicted molar refractivity (Wildman–Crippen MR) is 62.7 cm³/mol. The fourth-order valence-electron chi connectivity index (χ4n) is 1.96. The molecule has 1 aliphatic carbocycles. The fraction of sp³-hybridized carbons (Fsp3) is 0.917. The van der Waals surface area contributed by atoms with Crippen molar-refractivity contribution >= 4 is 5.91 Å². The van der Waals surface area contributed by atoms with Crippen LogP contribution in [0.3, 0.4) is 0 Å². The largest absolute Gasteiger partial charge is 0.353 e. The lowest BCUT2D eigenvalue weighted by Crippen LogP contribution is -2.43. The quantitative estimate of drug-likeness (QED) is 0.658. The van der Waals surface area contributed by atoms with E-state index in [1.165, 1.54) is 0 Å². The molecule has 0 unspecified atom stereocenters. The summed E-state index contributed by atoms with van der Waals surface area (Å²) >= 11 is 0. The van der Waals surface area contributed by atoms with E-state index in [0.29, 0.717) is 18.5 Å². The van der Waals surface area contributed by atoms with Gasteiger partial charge in [-0.05, 0) is 31.7 Å². The first-order valence-electron chi connectivity index (χ1n) is 6.10. The molecular weight excluding hydrogens is 188 g/mol. The van der Waals surface area contributed by atoms with Gasteiger partial charge in [-0.2, -0.15) is 0 Å². The summed E-state index contributed by atoms with van der Waals surface area (Å²) in [6, 6.07) is 0.978. The maximum Gasteiger partial charge on any atom is 0.220 e. The highest BCUT2D eigenvalue weighted by molar-refractivity contribution is 5.76. The van der Waals surface area contributed by atoms with Gasteiger partial charge in [-0.1, -0.05) is 20.8 Å². The zero-order chi connectivity index (χ0) is 11.3. The SMILES string of the molecule is CC1CC(NC(=O)CCCNC(C)C)C1. The summed E-state index contributed by atoms with van der Waals surface area (Å²) in [7, 11) is 0. The van der Waals surface area contributed by atoms with E-state index in [1.54, 1.807) is 0 Å². The maximum absolute atomic E-state index is 11.5. The topological polar surface area (TPSA) is 41.1 Å². The molecule has 0 atom stereocenters. The highest BCUT2D eigenvalue weighted by Gasteiger charge is 2.26. The molecule has 3 nitrogen and oxygen atoms in total. The highest BCUT2D eigenvalue weighted by Crippen LogP contribution is 2.26. The van der Waals surface area contributed by atoms with Crippen molar-refractivity contribution in [3.8, 4) is 0 Å². The lowest BCUT2D eigenvalue weighted by Gasteiger charge is -2.33. The Morgan fingerprint density at radius 2 is 2.07 bits per heavy atom. The average Bonchev–Trinajstić information content (AvgIpc) is 2.10. The lowest BCUT2D eigenvalue weighted by atomic mass is 9.82. The summed E-state index contributed by atoms with van der Waals surface area (Å²) in [5.41, 5.74) is 0. The molecule has 15 heavy (non-hydrogen) atoms. The van der Waals surface area contributed by atoms with E-state index < -0.39 is 0 Å². The van der Waals surface area contributed by atoms with E-state index >= 15 is 0 Å². The summed E-state index contributed by atoms with van der Waals surface area (Å²) in [5, 5.41) is 6.38. The van der Waals surface area contributed by atoms with Gasteiger partial charge in [0.2, 0.25) is 5.91 Å². The van der Waals surface area contributed by atoms with Crippen molar-refractivity contribution in [1.82, 2.24) is 10.6 Å². The van der Waals surface area contributed by atoms with Gasteiger partial charge in [0.15, 0.2) is 0 Å². The first kappa shape index (κ1) is 12.5. The molecule has 0 aromatic rings. The van der Waals surface area contributed by atoms with E-state index in [0.717, 1.165) is 31.7 Å². The molecule has 1 aliphatic rings. The van der Waals surface area contributed by atoms with Crippen LogP contribution >= 0.6 is 0 Å². The Morgan fingerprint density at radius 1 is 1.40 bits per heavy atom. The lowest BCUT2D eigenvalue weighted by molar-refractivity contribution is -0.122. The third-order valence-electron chi connectivity index (χ3n) is 2.87. The highest BCUT2D eigenvalue weighted by atomic mass is 16.1. The number of hydrogen-bond acceptors (Lipinski definition) is 2. The third-order valence-corrected chi connectivity index (χ3v) is 2.87. The van der Waals surface area contributed by atoms with Crippen LogP contribution in [0.2, 0.25) is 0 Å². The van der Waals surface area contributed by atoms with E-state index in [1.807, 2.05) is 0 Å². The molecule has 2 N–H and O–H groups in total. The Hall–Kier alpha value is -0.570. The van der Waals surface area contributed by atoms with Crippen molar-refractivity contribution < 1.29 is 4.79 Å². The van der Waals surface area contributed by atoms with Gasteiger partial charge >= 0.3 is 0 Å². The Morgan fingerprint density at radius 3 is 2.60 bits per heavy atom. The Kier molecular flexibility index (Phi) is 5.09. The van der Waals surface area contributed by atoms with Crippen LogP contribution in [0.4, 0.5) is 0 Å². The first-order valence-corrected chi connectivity index (χ1v) is 6.10. The summed E-state index contributed by atoms with van der Waals surface area (Å²) in [6.07, 6.45) is 3.92. The molecule has 3 heteroatoms. The minimum absolute atomic E-state index is 0.220. The van der Waals surface area contributed by atoms with Crippen molar-refractivity contribution in [3.63, 3.8) is 0 Å². The summed E-state index contributed by atoms with van der Waals surface area (Å²) in [4.78, 5) is 11.5. The molecule has 0 saturated heterocycles. The van der Waals surface area contributed by atoms with Gasteiger partial charge in [0.05, 0.1) is 0 Å². The van der Waals surface area contributed by atoms with Crippen LogP contribution in [-0.4, -0.2) is 24.5 Å². The summed E-state index contributed by atoms with van der Waals surface area (Å²) in [6.45, 7) is 7.41. The van der Waals surface area contributed by atoms with Crippen molar-refractivity contribution in [2.24, 2.45) is 5.92 Å². The molecule has 0 aliphatic heterocycles. The molecule has 1 amide bonds.